The van der Waals surface area contributed by atoms with Gasteiger partial charge in [-0.3, -0.25) is 14.7 Å². The number of amides is 1. The molecule has 0 radical (unpaired) electrons. The van der Waals surface area contributed by atoms with E-state index in [1.54, 1.807) is 41.6 Å². The number of benzene rings is 1. The van der Waals surface area contributed by atoms with E-state index in [-0.39, 0.29) is 17.4 Å². The SMILES string of the molecule is O=C(c1cc(-c2cccnc2)on1)N1CCN(Cc2c(F)cccc2Cl)CC1. The summed E-state index contributed by atoms with van der Waals surface area (Å²) >= 11 is 6.11. The number of nitrogens with zero attached hydrogens (tertiary/aromatic N) is 4. The van der Waals surface area contributed by atoms with Gasteiger partial charge in [0, 0.05) is 67.3 Å². The predicted molar refractivity (Wildman–Crippen MR) is 102 cm³/mol. The third-order valence-corrected chi connectivity index (χ3v) is 5.13. The molecule has 144 valence electrons. The molecular weight excluding hydrogens is 383 g/mol. The van der Waals surface area contributed by atoms with E-state index in [1.807, 2.05) is 6.07 Å². The number of hydrogen-bond donors (Lipinski definition) is 0. The third kappa shape index (κ3) is 3.90. The third-order valence-electron chi connectivity index (χ3n) is 4.78. The molecule has 0 aliphatic carbocycles. The first kappa shape index (κ1) is 18.6. The van der Waals surface area contributed by atoms with Gasteiger partial charge in [0.25, 0.3) is 5.91 Å². The van der Waals surface area contributed by atoms with Crippen molar-refractivity contribution in [2.75, 3.05) is 26.2 Å². The molecule has 4 rings (SSSR count). The van der Waals surface area contributed by atoms with Gasteiger partial charge >= 0.3 is 0 Å². The molecule has 6 nitrogen and oxygen atoms in total. The highest BCUT2D eigenvalue weighted by molar-refractivity contribution is 6.31. The van der Waals surface area contributed by atoms with Crippen LogP contribution in [0.2, 0.25) is 5.02 Å². The maximum Gasteiger partial charge on any atom is 0.276 e. The van der Waals surface area contributed by atoms with Crippen molar-refractivity contribution >= 4 is 17.5 Å². The van der Waals surface area contributed by atoms with E-state index in [0.717, 1.165) is 5.56 Å². The van der Waals surface area contributed by atoms with Crippen LogP contribution < -0.4 is 0 Å². The Balaban J connectivity index is 1.37. The molecular formula is C20H18ClFN4O2. The molecule has 1 aromatic carbocycles. The van der Waals surface area contributed by atoms with Crippen LogP contribution in [0.5, 0.6) is 0 Å². The van der Waals surface area contributed by atoms with Crippen molar-refractivity contribution < 1.29 is 13.7 Å². The zero-order valence-electron chi connectivity index (χ0n) is 15.0. The van der Waals surface area contributed by atoms with Crippen LogP contribution in [0, 0.1) is 5.82 Å². The summed E-state index contributed by atoms with van der Waals surface area (Å²) in [4.78, 5) is 20.5. The van der Waals surface area contributed by atoms with Gasteiger partial charge in [0.1, 0.15) is 5.82 Å². The molecule has 1 saturated heterocycles. The Bertz CT molecular complexity index is 951. The van der Waals surface area contributed by atoms with Crippen molar-refractivity contribution in [2.24, 2.45) is 0 Å². The number of rotatable bonds is 4. The van der Waals surface area contributed by atoms with Gasteiger partial charge in [0.05, 0.1) is 0 Å². The number of pyridine rings is 1. The fraction of sp³-hybridized carbons (Fsp3) is 0.250. The first-order valence-electron chi connectivity index (χ1n) is 8.93. The number of carbonyl (C=O) groups is 1. The summed E-state index contributed by atoms with van der Waals surface area (Å²) in [7, 11) is 0. The highest BCUT2D eigenvalue weighted by atomic mass is 35.5. The molecule has 0 atom stereocenters. The smallest absolute Gasteiger partial charge is 0.276 e. The largest absolute Gasteiger partial charge is 0.355 e. The molecule has 8 heteroatoms. The van der Waals surface area contributed by atoms with Gasteiger partial charge in [-0.05, 0) is 24.3 Å². The van der Waals surface area contributed by atoms with Crippen LogP contribution in [-0.4, -0.2) is 52.0 Å². The van der Waals surface area contributed by atoms with Gasteiger partial charge in [-0.15, -0.1) is 0 Å². The minimum absolute atomic E-state index is 0.178. The van der Waals surface area contributed by atoms with Crippen LogP contribution in [0.15, 0.2) is 53.3 Å². The lowest BCUT2D eigenvalue weighted by atomic mass is 10.1. The zero-order valence-corrected chi connectivity index (χ0v) is 15.8. The Hall–Kier alpha value is -2.77. The molecule has 1 aliphatic rings. The van der Waals surface area contributed by atoms with E-state index in [4.69, 9.17) is 16.1 Å². The number of halogens is 2. The number of hydrogen-bond acceptors (Lipinski definition) is 5. The summed E-state index contributed by atoms with van der Waals surface area (Å²) < 4.78 is 19.3. The second kappa shape index (κ2) is 8.08. The van der Waals surface area contributed by atoms with E-state index in [9.17, 15) is 9.18 Å². The number of carbonyl (C=O) groups excluding carboxylic acids is 1. The molecule has 2 aromatic heterocycles. The minimum atomic E-state index is -0.309. The number of piperazine rings is 1. The standard InChI is InChI=1S/C20H18ClFN4O2/c21-16-4-1-5-17(22)15(16)13-25-7-9-26(10-8-25)20(27)18-11-19(28-24-18)14-3-2-6-23-12-14/h1-6,11-12H,7-10,13H2. The molecule has 0 spiro atoms. The summed E-state index contributed by atoms with van der Waals surface area (Å²) in [6.45, 7) is 2.73. The van der Waals surface area contributed by atoms with Crippen LogP contribution in [0.3, 0.4) is 0 Å². The topological polar surface area (TPSA) is 62.5 Å². The van der Waals surface area contributed by atoms with Crippen molar-refractivity contribution in [2.45, 2.75) is 6.54 Å². The van der Waals surface area contributed by atoms with Gasteiger partial charge < -0.3 is 9.42 Å². The van der Waals surface area contributed by atoms with Gasteiger partial charge in [0.15, 0.2) is 11.5 Å². The lowest BCUT2D eigenvalue weighted by Gasteiger charge is -2.34. The van der Waals surface area contributed by atoms with E-state index in [2.05, 4.69) is 15.0 Å². The monoisotopic (exact) mass is 400 g/mol. The Morgan fingerprint density at radius 2 is 2.00 bits per heavy atom. The molecule has 1 aliphatic heterocycles. The highest BCUT2D eigenvalue weighted by Gasteiger charge is 2.25. The highest BCUT2D eigenvalue weighted by Crippen LogP contribution is 2.22. The fourth-order valence-corrected chi connectivity index (χ4v) is 3.42. The second-order valence-corrected chi connectivity index (χ2v) is 6.99. The molecule has 3 aromatic rings. The van der Waals surface area contributed by atoms with Gasteiger partial charge in [-0.25, -0.2) is 4.39 Å². The van der Waals surface area contributed by atoms with Crippen molar-refractivity contribution in [1.82, 2.24) is 19.9 Å². The molecule has 0 unspecified atom stereocenters. The number of aromatic nitrogens is 2. The summed E-state index contributed by atoms with van der Waals surface area (Å²) in [5, 5.41) is 4.32. The quantitative estimate of drug-likeness (QED) is 0.671. The van der Waals surface area contributed by atoms with Gasteiger partial charge in [0.2, 0.25) is 0 Å². The Morgan fingerprint density at radius 3 is 2.71 bits per heavy atom. The normalized spacial score (nSPS) is 15.0. The lowest BCUT2D eigenvalue weighted by molar-refractivity contribution is 0.0617. The average Bonchev–Trinajstić information content (AvgIpc) is 3.22. The summed E-state index contributed by atoms with van der Waals surface area (Å²) in [6.07, 6.45) is 3.32. The molecule has 0 N–H and O–H groups in total. The van der Waals surface area contributed by atoms with E-state index >= 15 is 0 Å². The van der Waals surface area contributed by atoms with E-state index < -0.39 is 0 Å². The van der Waals surface area contributed by atoms with Crippen LogP contribution in [0.4, 0.5) is 4.39 Å². The molecule has 1 fully saturated rings. The molecule has 28 heavy (non-hydrogen) atoms. The zero-order chi connectivity index (χ0) is 19.5. The average molecular weight is 401 g/mol. The van der Waals surface area contributed by atoms with Crippen molar-refractivity contribution in [3.63, 3.8) is 0 Å². The van der Waals surface area contributed by atoms with Crippen LogP contribution in [-0.2, 0) is 6.54 Å². The summed E-state index contributed by atoms with van der Waals surface area (Å²) in [5.41, 5.74) is 1.52. The molecule has 0 saturated carbocycles. The van der Waals surface area contributed by atoms with Crippen LogP contribution in [0.1, 0.15) is 16.1 Å². The Labute approximate surface area is 166 Å². The van der Waals surface area contributed by atoms with Crippen molar-refractivity contribution in [3.8, 4) is 11.3 Å². The van der Waals surface area contributed by atoms with E-state index in [1.165, 1.54) is 6.07 Å². The first-order chi connectivity index (χ1) is 13.6. The fourth-order valence-electron chi connectivity index (χ4n) is 3.20. The molecule has 0 bridgehead atoms. The maximum atomic E-state index is 14.0. The lowest BCUT2D eigenvalue weighted by Crippen LogP contribution is -2.48. The van der Waals surface area contributed by atoms with Crippen molar-refractivity contribution in [1.29, 1.82) is 0 Å². The summed E-state index contributed by atoms with van der Waals surface area (Å²) in [5.74, 6) is 0.0169. The predicted octanol–water partition coefficient (Wildman–Crippen LogP) is 3.49. The maximum absolute atomic E-state index is 14.0. The van der Waals surface area contributed by atoms with Crippen LogP contribution >= 0.6 is 11.6 Å². The first-order valence-corrected chi connectivity index (χ1v) is 9.31. The van der Waals surface area contributed by atoms with Gasteiger partial charge in [-0.1, -0.05) is 22.8 Å². The Kier molecular flexibility index (Phi) is 5.36. The molecule has 1 amide bonds. The Morgan fingerprint density at radius 1 is 1.18 bits per heavy atom. The molecule has 3 heterocycles. The second-order valence-electron chi connectivity index (χ2n) is 6.59. The van der Waals surface area contributed by atoms with E-state index in [0.29, 0.717) is 49.1 Å². The minimum Gasteiger partial charge on any atom is -0.355 e. The van der Waals surface area contributed by atoms with Gasteiger partial charge in [-0.2, -0.15) is 0 Å². The van der Waals surface area contributed by atoms with Crippen LogP contribution in [0.25, 0.3) is 11.3 Å². The summed E-state index contributed by atoms with van der Waals surface area (Å²) in [6, 6.07) is 9.95. The van der Waals surface area contributed by atoms with Crippen molar-refractivity contribution in [3.05, 3.63) is 70.9 Å².